The molecule has 0 radical (unpaired) electrons. The summed E-state index contributed by atoms with van der Waals surface area (Å²) in [6.07, 6.45) is -1.04. The number of hydrogen-bond acceptors (Lipinski definition) is 3. The molecule has 0 bridgehead atoms. The second-order valence-corrected chi connectivity index (χ2v) is 8.15. The van der Waals surface area contributed by atoms with Crippen LogP contribution in [0.15, 0.2) is 89.9 Å². The summed E-state index contributed by atoms with van der Waals surface area (Å²) < 4.78 is 39.6. The van der Waals surface area contributed by atoms with Crippen LogP contribution < -0.4 is 4.90 Å². The lowest BCUT2D eigenvalue weighted by atomic mass is 9.78. The molecule has 0 aromatic heterocycles. The fraction of sp³-hybridized carbons (Fsp3) is 0.192. The quantitative estimate of drug-likeness (QED) is 0.579. The Labute approximate surface area is 184 Å². The van der Waals surface area contributed by atoms with Crippen LogP contribution in [0.3, 0.4) is 0 Å². The molecular weight excluding hydrogens is 413 g/mol. The van der Waals surface area contributed by atoms with Gasteiger partial charge < -0.3 is 10.0 Å². The number of rotatable bonds is 3. The Hall–Kier alpha value is -3.38. The maximum atomic E-state index is 13.2. The van der Waals surface area contributed by atoms with Crippen molar-refractivity contribution in [1.29, 1.82) is 0 Å². The zero-order valence-corrected chi connectivity index (χ0v) is 17.3. The standard InChI is InChI=1S/C26H21F3N2O/c1-17-24(25(32,19-8-4-2-5-9-19)20-10-6-3-7-11-20)30-23-15-12-18-16-21(26(27,28)29)13-14-22(18)31(17)23/h2-17,24,32H,1H3/t17-,24?/m0/s1. The lowest BCUT2D eigenvalue weighted by molar-refractivity contribution is -0.137. The summed E-state index contributed by atoms with van der Waals surface area (Å²) in [7, 11) is 0. The van der Waals surface area contributed by atoms with Crippen molar-refractivity contribution >= 4 is 17.6 Å². The van der Waals surface area contributed by atoms with Gasteiger partial charge in [-0.1, -0.05) is 60.7 Å². The van der Waals surface area contributed by atoms with Gasteiger partial charge in [0.1, 0.15) is 17.5 Å². The maximum absolute atomic E-state index is 13.2. The van der Waals surface area contributed by atoms with Gasteiger partial charge in [-0.2, -0.15) is 13.2 Å². The Balaban J connectivity index is 1.61. The number of fused-ring (bicyclic) bond motifs is 3. The predicted octanol–water partition coefficient (Wildman–Crippen LogP) is 5.64. The summed E-state index contributed by atoms with van der Waals surface area (Å²) in [5, 5.41) is 12.2. The van der Waals surface area contributed by atoms with Gasteiger partial charge in [0.05, 0.1) is 17.3 Å². The van der Waals surface area contributed by atoms with E-state index in [-0.39, 0.29) is 6.04 Å². The molecule has 5 rings (SSSR count). The van der Waals surface area contributed by atoms with Gasteiger partial charge in [0.25, 0.3) is 0 Å². The van der Waals surface area contributed by atoms with E-state index in [0.29, 0.717) is 28.2 Å². The summed E-state index contributed by atoms with van der Waals surface area (Å²) in [5.74, 6) is 0.625. The third kappa shape index (κ3) is 3.14. The summed E-state index contributed by atoms with van der Waals surface area (Å²) in [4.78, 5) is 6.78. The van der Waals surface area contributed by atoms with Crippen LogP contribution in [0.25, 0.3) is 6.08 Å². The van der Waals surface area contributed by atoms with E-state index in [0.717, 1.165) is 12.1 Å². The monoisotopic (exact) mass is 434 g/mol. The van der Waals surface area contributed by atoms with Crippen molar-refractivity contribution in [3.05, 3.63) is 107 Å². The van der Waals surface area contributed by atoms with Crippen LogP contribution >= 0.6 is 0 Å². The fourth-order valence-corrected chi connectivity index (χ4v) is 4.71. The number of alkyl halides is 3. The number of aliphatic imine (C=N–C) groups is 1. The molecule has 2 aliphatic heterocycles. The third-order valence-electron chi connectivity index (χ3n) is 6.26. The first-order chi connectivity index (χ1) is 15.3. The van der Waals surface area contributed by atoms with Crippen LogP contribution in [0.1, 0.15) is 29.2 Å². The number of aliphatic hydroxyl groups is 1. The van der Waals surface area contributed by atoms with Crippen molar-refractivity contribution in [3.63, 3.8) is 0 Å². The molecule has 1 unspecified atom stereocenters. The van der Waals surface area contributed by atoms with E-state index in [1.165, 1.54) is 6.07 Å². The van der Waals surface area contributed by atoms with Crippen LogP contribution in [0.4, 0.5) is 18.9 Å². The maximum Gasteiger partial charge on any atom is 0.416 e. The molecule has 2 atom stereocenters. The summed E-state index contributed by atoms with van der Waals surface area (Å²) >= 11 is 0. The highest BCUT2D eigenvalue weighted by Gasteiger charge is 2.49. The molecule has 1 N–H and O–H groups in total. The minimum Gasteiger partial charge on any atom is -0.378 e. The van der Waals surface area contributed by atoms with Crippen molar-refractivity contribution in [2.75, 3.05) is 4.90 Å². The molecule has 3 aromatic carbocycles. The van der Waals surface area contributed by atoms with E-state index >= 15 is 0 Å². The molecule has 0 saturated carbocycles. The van der Waals surface area contributed by atoms with Crippen LogP contribution in [0, 0.1) is 0 Å². The van der Waals surface area contributed by atoms with Gasteiger partial charge in [-0.3, -0.25) is 4.99 Å². The number of halogens is 3. The van der Waals surface area contributed by atoms with E-state index in [1.54, 1.807) is 12.2 Å². The van der Waals surface area contributed by atoms with Gasteiger partial charge in [-0.05, 0) is 54.0 Å². The molecule has 6 heteroatoms. The first-order valence-electron chi connectivity index (χ1n) is 10.4. The lowest BCUT2D eigenvalue weighted by Crippen LogP contribution is -2.49. The van der Waals surface area contributed by atoms with E-state index in [4.69, 9.17) is 4.99 Å². The number of amidine groups is 1. The van der Waals surface area contributed by atoms with Crippen molar-refractivity contribution in [1.82, 2.24) is 0 Å². The largest absolute Gasteiger partial charge is 0.416 e. The molecule has 0 spiro atoms. The molecule has 3 nitrogen and oxygen atoms in total. The number of nitrogens with zero attached hydrogens (tertiary/aromatic N) is 2. The Morgan fingerprint density at radius 2 is 1.41 bits per heavy atom. The van der Waals surface area contributed by atoms with Crippen molar-refractivity contribution in [2.45, 2.75) is 30.8 Å². The molecule has 0 saturated heterocycles. The van der Waals surface area contributed by atoms with E-state index in [2.05, 4.69) is 0 Å². The Morgan fingerprint density at radius 1 is 0.812 bits per heavy atom. The topological polar surface area (TPSA) is 35.8 Å². The van der Waals surface area contributed by atoms with Crippen LogP contribution in [-0.4, -0.2) is 23.0 Å². The van der Waals surface area contributed by atoms with Crippen LogP contribution in [0.5, 0.6) is 0 Å². The average molecular weight is 434 g/mol. The highest BCUT2D eigenvalue weighted by molar-refractivity contribution is 6.13. The minimum atomic E-state index is -4.41. The van der Waals surface area contributed by atoms with Gasteiger partial charge in [0, 0.05) is 0 Å². The Morgan fingerprint density at radius 3 is 1.97 bits per heavy atom. The molecule has 3 aromatic rings. The molecule has 0 amide bonds. The predicted molar refractivity (Wildman–Crippen MR) is 120 cm³/mol. The van der Waals surface area contributed by atoms with Crippen LogP contribution in [0.2, 0.25) is 0 Å². The average Bonchev–Trinajstić information content (AvgIpc) is 3.16. The van der Waals surface area contributed by atoms with Gasteiger partial charge in [0.2, 0.25) is 0 Å². The summed E-state index contributed by atoms with van der Waals surface area (Å²) in [5.41, 5.74) is 0.459. The second-order valence-electron chi connectivity index (χ2n) is 8.15. The number of anilines is 1. The Kier molecular flexibility index (Phi) is 4.71. The summed E-state index contributed by atoms with van der Waals surface area (Å²) in [6.45, 7) is 1.94. The number of benzene rings is 3. The molecule has 32 heavy (non-hydrogen) atoms. The van der Waals surface area contributed by atoms with Gasteiger partial charge in [0.15, 0.2) is 0 Å². The molecule has 2 aliphatic rings. The molecular formula is C26H21F3N2O. The summed E-state index contributed by atoms with van der Waals surface area (Å²) in [6, 6.07) is 21.6. The van der Waals surface area contributed by atoms with Gasteiger partial charge >= 0.3 is 6.18 Å². The van der Waals surface area contributed by atoms with E-state index < -0.39 is 23.4 Å². The molecule has 2 heterocycles. The van der Waals surface area contributed by atoms with Crippen LogP contribution in [-0.2, 0) is 11.8 Å². The second kappa shape index (κ2) is 7.35. The van der Waals surface area contributed by atoms with E-state index in [1.807, 2.05) is 72.5 Å². The lowest BCUT2D eigenvalue weighted by Gasteiger charge is -2.38. The third-order valence-corrected chi connectivity index (χ3v) is 6.26. The fourth-order valence-electron chi connectivity index (χ4n) is 4.71. The van der Waals surface area contributed by atoms with Crippen molar-refractivity contribution in [2.24, 2.45) is 4.99 Å². The Bertz CT molecular complexity index is 1160. The first kappa shape index (κ1) is 20.5. The normalized spacial score (nSPS) is 20.0. The highest BCUT2D eigenvalue weighted by atomic mass is 19.4. The number of hydrogen-bond donors (Lipinski definition) is 1. The molecule has 162 valence electrons. The van der Waals surface area contributed by atoms with E-state index in [9.17, 15) is 18.3 Å². The smallest absolute Gasteiger partial charge is 0.378 e. The zero-order valence-electron chi connectivity index (χ0n) is 17.3. The zero-order chi connectivity index (χ0) is 22.5. The van der Waals surface area contributed by atoms with Gasteiger partial charge in [-0.25, -0.2) is 0 Å². The molecule has 0 aliphatic carbocycles. The SMILES string of the molecule is C[C@H]1C(C(O)(c2ccccc2)c2ccccc2)N=C2C=Cc3cc(C(F)(F)F)ccc3N21. The minimum absolute atomic E-state index is 0.296. The van der Waals surface area contributed by atoms with Gasteiger partial charge in [-0.15, -0.1) is 0 Å². The highest BCUT2D eigenvalue weighted by Crippen LogP contribution is 2.44. The molecule has 0 fully saturated rings. The van der Waals surface area contributed by atoms with Crippen molar-refractivity contribution in [3.8, 4) is 0 Å². The first-order valence-corrected chi connectivity index (χ1v) is 10.4. The van der Waals surface area contributed by atoms with Crippen molar-refractivity contribution < 1.29 is 18.3 Å².